The van der Waals surface area contributed by atoms with Gasteiger partial charge in [0.15, 0.2) is 0 Å². The quantitative estimate of drug-likeness (QED) is 0.745. The molecular formula is C17H26ClNO3. The van der Waals surface area contributed by atoms with Crippen molar-refractivity contribution in [2.75, 3.05) is 40.0 Å². The van der Waals surface area contributed by atoms with Gasteiger partial charge < -0.3 is 19.5 Å². The van der Waals surface area contributed by atoms with E-state index in [-0.39, 0.29) is 0 Å². The van der Waals surface area contributed by atoms with Crippen LogP contribution in [0.5, 0.6) is 0 Å². The van der Waals surface area contributed by atoms with Gasteiger partial charge >= 0.3 is 0 Å². The first-order valence-corrected chi connectivity index (χ1v) is 8.33. The van der Waals surface area contributed by atoms with Gasteiger partial charge in [0.05, 0.1) is 12.2 Å². The predicted molar refractivity (Wildman–Crippen MR) is 88.3 cm³/mol. The first-order chi connectivity index (χ1) is 10.7. The average Bonchev–Trinajstić information content (AvgIpc) is 2.54. The van der Waals surface area contributed by atoms with Crippen LogP contribution >= 0.6 is 11.6 Å². The lowest BCUT2D eigenvalue weighted by Crippen LogP contribution is -2.39. The summed E-state index contributed by atoms with van der Waals surface area (Å²) in [5.41, 5.74) is 0.919. The molecule has 1 saturated heterocycles. The van der Waals surface area contributed by atoms with Gasteiger partial charge in [0.25, 0.3) is 0 Å². The Bertz CT molecular complexity index is 418. The molecule has 1 N–H and O–H groups in total. The number of hydrogen-bond acceptors (Lipinski definition) is 4. The minimum absolute atomic E-state index is 0.348. The Morgan fingerprint density at radius 3 is 2.55 bits per heavy atom. The third kappa shape index (κ3) is 5.86. The largest absolute Gasteiger partial charge is 0.387 e. The summed E-state index contributed by atoms with van der Waals surface area (Å²) in [5, 5.41) is 11.0. The summed E-state index contributed by atoms with van der Waals surface area (Å²) in [4.78, 5) is 2.30. The highest BCUT2D eigenvalue weighted by Gasteiger charge is 2.21. The van der Waals surface area contributed by atoms with Crippen LogP contribution in [-0.4, -0.2) is 56.1 Å². The van der Waals surface area contributed by atoms with Gasteiger partial charge in [-0.1, -0.05) is 23.7 Å². The number of β-amino-alcohol motifs (C(OH)–C–C–N with tert-alkyl or cyclic N) is 1. The van der Waals surface area contributed by atoms with Gasteiger partial charge in [-0.2, -0.15) is 0 Å². The van der Waals surface area contributed by atoms with Crippen molar-refractivity contribution < 1.29 is 14.6 Å². The van der Waals surface area contributed by atoms with Gasteiger partial charge in [-0.05, 0) is 37.0 Å². The van der Waals surface area contributed by atoms with Crippen molar-refractivity contribution in [3.8, 4) is 0 Å². The van der Waals surface area contributed by atoms with Crippen LogP contribution in [0.15, 0.2) is 24.3 Å². The Kier molecular flexibility index (Phi) is 7.63. The molecule has 0 aromatic heterocycles. The van der Waals surface area contributed by atoms with Crippen LogP contribution in [0.25, 0.3) is 0 Å². The fourth-order valence-corrected chi connectivity index (χ4v) is 2.87. The average molecular weight is 328 g/mol. The SMILES string of the molecule is COCCCOC1CCN(CC(O)c2ccc(Cl)cc2)CC1. The molecule has 124 valence electrons. The number of rotatable bonds is 8. The van der Waals surface area contributed by atoms with Crippen LogP contribution in [0.4, 0.5) is 0 Å². The van der Waals surface area contributed by atoms with Gasteiger partial charge in [0, 0.05) is 45.0 Å². The fraction of sp³-hybridized carbons (Fsp3) is 0.647. The molecule has 22 heavy (non-hydrogen) atoms. The number of ether oxygens (including phenoxy) is 2. The predicted octanol–water partition coefficient (Wildman–Crippen LogP) is 2.89. The summed E-state index contributed by atoms with van der Waals surface area (Å²) in [6.45, 7) is 4.13. The summed E-state index contributed by atoms with van der Waals surface area (Å²) in [6, 6.07) is 7.41. The van der Waals surface area contributed by atoms with Gasteiger partial charge in [-0.3, -0.25) is 0 Å². The Labute approximate surface area is 138 Å². The van der Waals surface area contributed by atoms with E-state index in [1.807, 2.05) is 24.3 Å². The summed E-state index contributed by atoms with van der Waals surface area (Å²) in [7, 11) is 1.71. The first-order valence-electron chi connectivity index (χ1n) is 7.95. The Morgan fingerprint density at radius 2 is 1.91 bits per heavy atom. The van der Waals surface area contributed by atoms with Crippen molar-refractivity contribution in [2.24, 2.45) is 0 Å². The number of aliphatic hydroxyl groups is 1. The lowest BCUT2D eigenvalue weighted by atomic mass is 10.0. The minimum atomic E-state index is -0.462. The maximum absolute atomic E-state index is 10.3. The second kappa shape index (κ2) is 9.48. The van der Waals surface area contributed by atoms with Crippen molar-refractivity contribution in [1.82, 2.24) is 4.90 Å². The summed E-state index contributed by atoms with van der Waals surface area (Å²) >= 11 is 5.87. The van der Waals surface area contributed by atoms with E-state index >= 15 is 0 Å². The van der Waals surface area contributed by atoms with Crippen molar-refractivity contribution in [3.05, 3.63) is 34.9 Å². The van der Waals surface area contributed by atoms with Crippen molar-refractivity contribution in [2.45, 2.75) is 31.5 Å². The third-order valence-electron chi connectivity index (χ3n) is 4.07. The van der Waals surface area contributed by atoms with Crippen molar-refractivity contribution in [3.63, 3.8) is 0 Å². The number of benzene rings is 1. The maximum Gasteiger partial charge on any atom is 0.0916 e. The van der Waals surface area contributed by atoms with E-state index in [1.54, 1.807) is 7.11 Å². The molecule has 1 heterocycles. The molecule has 4 nitrogen and oxygen atoms in total. The number of aliphatic hydroxyl groups excluding tert-OH is 1. The zero-order valence-corrected chi connectivity index (χ0v) is 14.0. The normalized spacial score (nSPS) is 18.5. The van der Waals surface area contributed by atoms with Crippen LogP contribution in [0.2, 0.25) is 5.02 Å². The van der Waals surface area contributed by atoms with Crippen LogP contribution in [0.3, 0.4) is 0 Å². The lowest BCUT2D eigenvalue weighted by Gasteiger charge is -2.33. The summed E-state index contributed by atoms with van der Waals surface area (Å²) in [5.74, 6) is 0. The molecule has 0 bridgehead atoms. The van der Waals surface area contributed by atoms with Gasteiger partial charge in [-0.25, -0.2) is 0 Å². The molecule has 1 fully saturated rings. The van der Waals surface area contributed by atoms with Crippen molar-refractivity contribution in [1.29, 1.82) is 0 Å². The molecule has 2 rings (SSSR count). The minimum Gasteiger partial charge on any atom is -0.387 e. The van der Waals surface area contributed by atoms with E-state index in [0.717, 1.165) is 51.1 Å². The Hall–Kier alpha value is -0.650. The van der Waals surface area contributed by atoms with E-state index in [9.17, 15) is 5.11 Å². The van der Waals surface area contributed by atoms with E-state index in [2.05, 4.69) is 4.90 Å². The van der Waals surface area contributed by atoms with Crippen molar-refractivity contribution >= 4 is 11.6 Å². The molecule has 5 heteroatoms. The lowest BCUT2D eigenvalue weighted by molar-refractivity contribution is -0.00823. The fourth-order valence-electron chi connectivity index (χ4n) is 2.75. The summed E-state index contributed by atoms with van der Waals surface area (Å²) < 4.78 is 10.9. The molecule has 1 aromatic rings. The number of nitrogens with zero attached hydrogens (tertiary/aromatic N) is 1. The van der Waals surface area contributed by atoms with Crippen LogP contribution < -0.4 is 0 Å². The van der Waals surface area contributed by atoms with E-state index < -0.39 is 6.10 Å². The highest BCUT2D eigenvalue weighted by atomic mass is 35.5. The number of hydrogen-bond donors (Lipinski definition) is 1. The molecule has 0 aliphatic carbocycles. The highest BCUT2D eigenvalue weighted by Crippen LogP contribution is 2.20. The molecule has 0 amide bonds. The third-order valence-corrected chi connectivity index (χ3v) is 4.32. The monoisotopic (exact) mass is 327 g/mol. The zero-order valence-electron chi connectivity index (χ0n) is 13.2. The second-order valence-electron chi connectivity index (χ2n) is 5.78. The maximum atomic E-state index is 10.3. The Morgan fingerprint density at radius 1 is 1.23 bits per heavy atom. The molecular weight excluding hydrogens is 302 g/mol. The topological polar surface area (TPSA) is 41.9 Å². The van der Waals surface area contributed by atoms with Gasteiger partial charge in [-0.15, -0.1) is 0 Å². The number of likely N-dealkylation sites (tertiary alicyclic amines) is 1. The van der Waals surface area contributed by atoms with Crippen LogP contribution in [-0.2, 0) is 9.47 Å². The standard InChI is InChI=1S/C17H26ClNO3/c1-21-11-2-12-22-16-7-9-19(10-8-16)13-17(20)14-3-5-15(18)6-4-14/h3-6,16-17,20H,2,7-13H2,1H3. The van der Waals surface area contributed by atoms with E-state index in [0.29, 0.717) is 17.7 Å². The van der Waals surface area contributed by atoms with E-state index in [4.69, 9.17) is 21.1 Å². The molecule has 1 aromatic carbocycles. The molecule has 0 spiro atoms. The van der Waals surface area contributed by atoms with Crippen LogP contribution in [0.1, 0.15) is 30.9 Å². The highest BCUT2D eigenvalue weighted by molar-refractivity contribution is 6.30. The zero-order chi connectivity index (χ0) is 15.8. The number of piperidine rings is 1. The molecule has 0 radical (unpaired) electrons. The van der Waals surface area contributed by atoms with E-state index in [1.165, 1.54) is 0 Å². The first kappa shape index (κ1) is 17.7. The smallest absolute Gasteiger partial charge is 0.0916 e. The molecule has 0 saturated carbocycles. The van der Waals surface area contributed by atoms with Gasteiger partial charge in [0.2, 0.25) is 0 Å². The molecule has 1 aliphatic rings. The Balaban J connectivity index is 1.67. The van der Waals surface area contributed by atoms with Crippen LogP contribution in [0, 0.1) is 0 Å². The van der Waals surface area contributed by atoms with Gasteiger partial charge in [0.1, 0.15) is 0 Å². The summed E-state index contributed by atoms with van der Waals surface area (Å²) in [6.07, 6.45) is 2.89. The molecule has 1 unspecified atom stereocenters. The molecule has 1 atom stereocenters. The number of methoxy groups -OCH3 is 1. The second-order valence-corrected chi connectivity index (χ2v) is 6.22. The molecule has 1 aliphatic heterocycles. The number of halogens is 1.